The Hall–Kier alpha value is -1.43. The van der Waals surface area contributed by atoms with Crippen LogP contribution in [0.2, 0.25) is 0 Å². The normalized spacial score (nSPS) is 30.3. The number of ether oxygens (including phenoxy) is 1. The number of carbonyl (C=O) groups excluding carboxylic acids is 1. The second kappa shape index (κ2) is 7.68. The number of amides is 1. The van der Waals surface area contributed by atoms with Crippen LogP contribution in [-0.2, 0) is 9.53 Å². The van der Waals surface area contributed by atoms with Crippen molar-refractivity contribution in [3.05, 3.63) is 35.9 Å². The number of benzene rings is 1. The van der Waals surface area contributed by atoms with Crippen molar-refractivity contribution < 1.29 is 14.6 Å². The fraction of sp³-hybridized carbons (Fsp3) is 0.708. The zero-order valence-electron chi connectivity index (χ0n) is 18.3. The molecule has 160 valence electrons. The molecule has 5 nitrogen and oxygen atoms in total. The summed E-state index contributed by atoms with van der Waals surface area (Å²) in [7, 11) is 0. The van der Waals surface area contributed by atoms with Crippen molar-refractivity contribution in [1.29, 1.82) is 0 Å². The largest absolute Gasteiger partial charge is 0.393 e. The van der Waals surface area contributed by atoms with Crippen LogP contribution in [0.25, 0.3) is 0 Å². The van der Waals surface area contributed by atoms with Crippen LogP contribution in [0.3, 0.4) is 0 Å². The van der Waals surface area contributed by atoms with Gasteiger partial charge < -0.3 is 19.6 Å². The van der Waals surface area contributed by atoms with Crippen molar-refractivity contribution in [2.24, 2.45) is 16.7 Å². The molecule has 1 aromatic rings. The van der Waals surface area contributed by atoms with Gasteiger partial charge in [0.1, 0.15) is 0 Å². The lowest BCUT2D eigenvalue weighted by molar-refractivity contribution is -0.151. The van der Waals surface area contributed by atoms with E-state index in [4.69, 9.17) is 4.74 Å². The smallest absolute Gasteiger partial charge is 0.227 e. The first-order chi connectivity index (χ1) is 13.7. The Morgan fingerprint density at radius 2 is 1.69 bits per heavy atom. The fourth-order valence-corrected chi connectivity index (χ4v) is 5.51. The third-order valence-corrected chi connectivity index (χ3v) is 8.04. The van der Waals surface area contributed by atoms with Crippen LogP contribution in [0.4, 0.5) is 0 Å². The molecule has 0 unspecified atom stereocenters. The van der Waals surface area contributed by atoms with E-state index in [0.717, 1.165) is 38.0 Å². The van der Waals surface area contributed by atoms with Crippen LogP contribution in [0.1, 0.15) is 52.1 Å². The topological polar surface area (TPSA) is 53.0 Å². The highest BCUT2D eigenvalue weighted by atomic mass is 16.5. The summed E-state index contributed by atoms with van der Waals surface area (Å²) in [5.74, 6) is 0.335. The van der Waals surface area contributed by atoms with Crippen molar-refractivity contribution in [3.63, 3.8) is 0 Å². The van der Waals surface area contributed by atoms with Gasteiger partial charge in [-0.1, -0.05) is 58.0 Å². The summed E-state index contributed by atoms with van der Waals surface area (Å²) in [6.45, 7) is 12.7. The van der Waals surface area contributed by atoms with Gasteiger partial charge in [0.25, 0.3) is 0 Å². The maximum Gasteiger partial charge on any atom is 0.227 e. The Labute approximate surface area is 175 Å². The first-order valence-electron chi connectivity index (χ1n) is 11.1. The molecule has 1 N–H and O–H groups in total. The molecule has 2 atom stereocenters. The number of carbonyl (C=O) groups is 1. The van der Waals surface area contributed by atoms with E-state index < -0.39 is 0 Å². The van der Waals surface area contributed by atoms with Crippen LogP contribution in [0.5, 0.6) is 0 Å². The monoisotopic (exact) mass is 400 g/mol. The van der Waals surface area contributed by atoms with Gasteiger partial charge in [0.15, 0.2) is 0 Å². The third kappa shape index (κ3) is 3.73. The summed E-state index contributed by atoms with van der Waals surface area (Å²) in [5.41, 5.74) is 1.21. The van der Waals surface area contributed by atoms with Crippen LogP contribution in [-0.4, -0.2) is 65.8 Å². The van der Waals surface area contributed by atoms with E-state index in [1.807, 2.05) is 18.2 Å². The summed E-state index contributed by atoms with van der Waals surface area (Å²) < 4.78 is 6.26. The number of rotatable bonds is 4. The minimum Gasteiger partial charge on any atom is -0.393 e. The fourth-order valence-electron chi connectivity index (χ4n) is 5.51. The lowest BCUT2D eigenvalue weighted by Gasteiger charge is -2.44. The first kappa shape index (κ1) is 20.8. The highest BCUT2D eigenvalue weighted by molar-refractivity contribution is 5.85. The molecule has 2 aliphatic heterocycles. The highest BCUT2D eigenvalue weighted by Crippen LogP contribution is 2.69. The molecule has 0 spiro atoms. The Kier molecular flexibility index (Phi) is 5.51. The molecule has 3 aliphatic rings. The SMILES string of the molecule is CC1(C)C(C(=O)N2CCO[C@@H](CN3CCC(O)CC3)[C@@H]2c2ccccc2)C1(C)C. The molecule has 2 heterocycles. The summed E-state index contributed by atoms with van der Waals surface area (Å²) in [4.78, 5) is 18.2. The van der Waals surface area contributed by atoms with Crippen molar-refractivity contribution >= 4 is 5.91 Å². The molecular formula is C24H36N2O3. The van der Waals surface area contributed by atoms with Gasteiger partial charge in [-0.15, -0.1) is 0 Å². The van der Waals surface area contributed by atoms with Crippen molar-refractivity contribution in [2.75, 3.05) is 32.8 Å². The molecule has 2 saturated heterocycles. The van der Waals surface area contributed by atoms with Gasteiger partial charge >= 0.3 is 0 Å². The van der Waals surface area contributed by atoms with Crippen LogP contribution in [0.15, 0.2) is 30.3 Å². The van der Waals surface area contributed by atoms with E-state index in [1.165, 1.54) is 0 Å². The molecule has 0 aromatic heterocycles. The van der Waals surface area contributed by atoms with E-state index in [0.29, 0.717) is 13.2 Å². The molecule has 1 saturated carbocycles. The number of nitrogens with zero attached hydrogens (tertiary/aromatic N) is 2. The second-order valence-electron chi connectivity index (χ2n) is 10.2. The Balaban J connectivity index is 1.58. The Bertz CT molecular complexity index is 711. The van der Waals surface area contributed by atoms with E-state index >= 15 is 0 Å². The van der Waals surface area contributed by atoms with E-state index in [-0.39, 0.29) is 40.9 Å². The minimum absolute atomic E-state index is 0.0299. The number of likely N-dealkylation sites (tertiary alicyclic amines) is 1. The number of hydrogen-bond acceptors (Lipinski definition) is 4. The molecule has 1 amide bonds. The van der Waals surface area contributed by atoms with Crippen LogP contribution >= 0.6 is 0 Å². The number of morpholine rings is 1. The average molecular weight is 401 g/mol. The van der Waals surface area contributed by atoms with Gasteiger partial charge in [-0.3, -0.25) is 4.79 Å². The maximum absolute atomic E-state index is 13.7. The maximum atomic E-state index is 13.7. The lowest BCUT2D eigenvalue weighted by atomic mass is 9.95. The number of hydrogen-bond donors (Lipinski definition) is 1. The van der Waals surface area contributed by atoms with Crippen LogP contribution in [0, 0.1) is 16.7 Å². The molecule has 5 heteroatoms. The number of piperidine rings is 1. The van der Waals surface area contributed by atoms with E-state index in [9.17, 15) is 9.90 Å². The molecule has 1 aliphatic carbocycles. The van der Waals surface area contributed by atoms with E-state index in [1.54, 1.807) is 0 Å². The van der Waals surface area contributed by atoms with Crippen molar-refractivity contribution in [2.45, 2.75) is 58.8 Å². The lowest BCUT2D eigenvalue weighted by Crippen LogP contribution is -2.53. The summed E-state index contributed by atoms with van der Waals surface area (Å²) >= 11 is 0. The molecule has 0 radical (unpaired) electrons. The molecule has 3 fully saturated rings. The molecular weight excluding hydrogens is 364 g/mol. The number of aliphatic hydroxyl groups excluding tert-OH is 1. The zero-order valence-corrected chi connectivity index (χ0v) is 18.3. The van der Waals surface area contributed by atoms with Gasteiger partial charge in [-0.2, -0.15) is 0 Å². The Morgan fingerprint density at radius 3 is 2.28 bits per heavy atom. The second-order valence-corrected chi connectivity index (χ2v) is 10.2. The predicted octanol–water partition coefficient (Wildman–Crippen LogP) is 3.09. The zero-order chi connectivity index (χ0) is 20.8. The predicted molar refractivity (Wildman–Crippen MR) is 113 cm³/mol. The minimum atomic E-state index is -0.180. The average Bonchev–Trinajstić information content (AvgIpc) is 3.12. The Morgan fingerprint density at radius 1 is 1.07 bits per heavy atom. The van der Waals surface area contributed by atoms with Gasteiger partial charge in [-0.05, 0) is 29.2 Å². The quantitative estimate of drug-likeness (QED) is 0.844. The molecule has 0 bridgehead atoms. The summed E-state index contributed by atoms with van der Waals surface area (Å²) in [5, 5.41) is 9.83. The molecule has 4 rings (SSSR count). The van der Waals surface area contributed by atoms with Gasteiger partial charge in [0.05, 0.1) is 24.9 Å². The van der Waals surface area contributed by atoms with Gasteiger partial charge in [0.2, 0.25) is 5.91 Å². The van der Waals surface area contributed by atoms with Gasteiger partial charge in [-0.25, -0.2) is 0 Å². The third-order valence-electron chi connectivity index (χ3n) is 8.04. The summed E-state index contributed by atoms with van der Waals surface area (Å²) in [6, 6.07) is 10.3. The van der Waals surface area contributed by atoms with Crippen molar-refractivity contribution in [3.8, 4) is 0 Å². The first-order valence-corrected chi connectivity index (χ1v) is 11.1. The van der Waals surface area contributed by atoms with Crippen LogP contribution < -0.4 is 0 Å². The highest BCUT2D eigenvalue weighted by Gasteiger charge is 2.69. The standard InChI is InChI=1S/C24H36N2O3/c1-23(2)21(24(23,3)4)22(28)26-14-15-29-19(16-25-12-10-18(27)11-13-25)20(26)17-8-6-5-7-9-17/h5-9,18-21,27H,10-16H2,1-4H3/t19-,20-/m0/s1. The van der Waals surface area contributed by atoms with E-state index in [2.05, 4.69) is 49.6 Å². The van der Waals surface area contributed by atoms with Gasteiger partial charge in [0, 0.05) is 32.1 Å². The summed E-state index contributed by atoms with van der Waals surface area (Å²) in [6.07, 6.45) is 1.40. The molecule has 29 heavy (non-hydrogen) atoms. The molecule has 1 aromatic carbocycles. The number of aliphatic hydroxyl groups is 1. The van der Waals surface area contributed by atoms with Crippen molar-refractivity contribution in [1.82, 2.24) is 9.80 Å².